The van der Waals surface area contributed by atoms with Crippen molar-refractivity contribution in [2.75, 3.05) is 13.2 Å². The van der Waals surface area contributed by atoms with E-state index < -0.39 is 51.2 Å². The first-order chi connectivity index (χ1) is 11.2. The second kappa shape index (κ2) is 8.93. The van der Waals surface area contributed by atoms with Gasteiger partial charge in [0.2, 0.25) is 0 Å². The molecule has 0 heterocycles. The Labute approximate surface area is 144 Å². The van der Waals surface area contributed by atoms with Crippen LogP contribution in [0.3, 0.4) is 0 Å². The van der Waals surface area contributed by atoms with Crippen LogP contribution in [-0.4, -0.2) is 42.3 Å². The highest BCUT2D eigenvalue weighted by Crippen LogP contribution is 2.26. The molecule has 9 heteroatoms. The Morgan fingerprint density at radius 2 is 2.00 bits per heavy atom. The van der Waals surface area contributed by atoms with Crippen LogP contribution in [0, 0.1) is 23.4 Å². The maximum atomic E-state index is 13.9. The van der Waals surface area contributed by atoms with E-state index in [1.54, 1.807) is 0 Å². The molecule has 0 spiro atoms. The molecule has 0 saturated carbocycles. The number of ketones is 1. The molecule has 1 aromatic carbocycles. The lowest BCUT2D eigenvalue weighted by Gasteiger charge is -2.13. The summed E-state index contributed by atoms with van der Waals surface area (Å²) in [6.45, 7) is 2.59. The number of esters is 1. The van der Waals surface area contributed by atoms with Crippen LogP contribution in [0.2, 0.25) is 0 Å². The molecule has 0 aromatic heterocycles. The number of aliphatic hydroxyl groups excluding tert-OH is 1. The van der Waals surface area contributed by atoms with Gasteiger partial charge in [-0.1, -0.05) is 0 Å². The minimum absolute atomic E-state index is 0.0580. The molecule has 0 amide bonds. The highest BCUT2D eigenvalue weighted by atomic mass is 79.9. The predicted octanol–water partition coefficient (Wildman–Crippen LogP) is 2.68. The molecule has 0 aliphatic rings. The number of benzene rings is 1. The Morgan fingerprint density at radius 1 is 1.38 bits per heavy atom. The minimum Gasteiger partial charge on any atom is -0.465 e. The van der Waals surface area contributed by atoms with E-state index in [0.717, 1.165) is 6.21 Å². The summed E-state index contributed by atoms with van der Waals surface area (Å²) in [4.78, 5) is 28.0. The average molecular weight is 410 g/mol. The van der Waals surface area contributed by atoms with Gasteiger partial charge in [0.25, 0.3) is 0 Å². The summed E-state index contributed by atoms with van der Waals surface area (Å²) < 4.78 is 45.1. The number of nitrogens with zero attached hydrogens (tertiary/aromatic N) is 1. The van der Waals surface area contributed by atoms with Crippen LogP contribution in [0.4, 0.5) is 13.2 Å². The van der Waals surface area contributed by atoms with Gasteiger partial charge in [-0.25, -0.2) is 13.2 Å². The largest absolute Gasteiger partial charge is 0.465 e. The van der Waals surface area contributed by atoms with E-state index in [2.05, 4.69) is 20.9 Å². The lowest BCUT2D eigenvalue weighted by atomic mass is 9.97. The number of halogens is 4. The fourth-order valence-electron chi connectivity index (χ4n) is 1.67. The Hall–Kier alpha value is -1.74. The first-order valence-corrected chi connectivity index (χ1v) is 7.71. The number of carbonyl (C=O) groups is 2. The van der Waals surface area contributed by atoms with Crippen molar-refractivity contribution in [3.63, 3.8) is 0 Å². The molecule has 0 saturated heterocycles. The van der Waals surface area contributed by atoms with Crippen LogP contribution < -0.4 is 0 Å². The van der Waals surface area contributed by atoms with Crippen LogP contribution in [0.15, 0.2) is 15.5 Å². The van der Waals surface area contributed by atoms with Crippen molar-refractivity contribution in [2.24, 2.45) is 10.9 Å². The summed E-state index contributed by atoms with van der Waals surface area (Å²) in [5.74, 6) is -8.30. The number of rotatable bonds is 7. The molecule has 0 radical (unpaired) electrons. The summed E-state index contributed by atoms with van der Waals surface area (Å²) in [6.07, 6.45) is 0.874. The number of hydrogen-bond donors (Lipinski definition) is 1. The summed E-state index contributed by atoms with van der Waals surface area (Å²) in [7, 11) is 0. The quantitative estimate of drug-likeness (QED) is 0.187. The summed E-state index contributed by atoms with van der Waals surface area (Å²) in [6, 6.07) is -0.140. The number of aliphatic hydroxyl groups is 1. The van der Waals surface area contributed by atoms with Gasteiger partial charge in [-0.2, -0.15) is 0 Å². The third-order valence-corrected chi connectivity index (χ3v) is 3.67. The maximum Gasteiger partial charge on any atom is 0.322 e. The number of Topliss-reactive ketones (excluding diaryl/α,β-unsaturated/α-hetero) is 1. The molecule has 1 unspecified atom stereocenters. The highest BCUT2D eigenvalue weighted by molar-refractivity contribution is 9.10. The first-order valence-electron chi connectivity index (χ1n) is 6.92. The Morgan fingerprint density at radius 3 is 2.54 bits per heavy atom. The smallest absolute Gasteiger partial charge is 0.322 e. The van der Waals surface area contributed by atoms with Crippen molar-refractivity contribution < 1.29 is 32.6 Å². The molecule has 132 valence electrons. The lowest BCUT2D eigenvalue weighted by Crippen LogP contribution is -2.29. The SMILES string of the molecule is CCOC(=O)C(C=N[C@H](C)CO)C(=O)c1cc(F)c(Br)c(F)c1F. The van der Waals surface area contributed by atoms with Gasteiger partial charge in [-0.3, -0.25) is 14.6 Å². The van der Waals surface area contributed by atoms with Gasteiger partial charge in [0.15, 0.2) is 23.3 Å². The molecule has 2 atom stereocenters. The van der Waals surface area contributed by atoms with E-state index in [-0.39, 0.29) is 13.2 Å². The summed E-state index contributed by atoms with van der Waals surface area (Å²) in [5.41, 5.74) is -0.936. The van der Waals surface area contributed by atoms with E-state index in [9.17, 15) is 22.8 Å². The van der Waals surface area contributed by atoms with Crippen molar-refractivity contribution >= 4 is 33.9 Å². The molecule has 0 aliphatic carbocycles. The molecular weight excluding hydrogens is 395 g/mol. The van der Waals surface area contributed by atoms with E-state index in [0.29, 0.717) is 6.07 Å². The van der Waals surface area contributed by atoms with Crippen LogP contribution in [-0.2, 0) is 9.53 Å². The Kier molecular flexibility index (Phi) is 7.56. The van der Waals surface area contributed by atoms with Crippen molar-refractivity contribution in [2.45, 2.75) is 19.9 Å². The van der Waals surface area contributed by atoms with Crippen LogP contribution >= 0.6 is 15.9 Å². The van der Waals surface area contributed by atoms with Gasteiger partial charge < -0.3 is 9.84 Å². The zero-order valence-corrected chi connectivity index (χ0v) is 14.4. The molecule has 1 aromatic rings. The fraction of sp³-hybridized carbons (Fsp3) is 0.400. The minimum atomic E-state index is -1.69. The van der Waals surface area contributed by atoms with Crippen LogP contribution in [0.1, 0.15) is 24.2 Å². The van der Waals surface area contributed by atoms with Crippen molar-refractivity contribution in [3.05, 3.63) is 33.6 Å². The van der Waals surface area contributed by atoms with Crippen LogP contribution in [0.25, 0.3) is 0 Å². The molecule has 1 N–H and O–H groups in total. The molecule has 1 rings (SSSR count). The normalized spacial score (nSPS) is 13.8. The Bertz CT molecular complexity index is 667. The first kappa shape index (κ1) is 20.3. The Balaban J connectivity index is 3.31. The second-order valence-electron chi connectivity index (χ2n) is 4.77. The molecular formula is C15H15BrF3NO4. The number of aliphatic imine (C=N–C) groups is 1. The fourth-order valence-corrected chi connectivity index (χ4v) is 1.96. The third kappa shape index (κ3) is 4.64. The average Bonchev–Trinajstić information content (AvgIpc) is 2.56. The van der Waals surface area contributed by atoms with Gasteiger partial charge in [0, 0.05) is 6.21 Å². The lowest BCUT2D eigenvalue weighted by molar-refractivity contribution is -0.144. The van der Waals surface area contributed by atoms with Crippen molar-refractivity contribution in [3.8, 4) is 0 Å². The maximum absolute atomic E-state index is 13.9. The van der Waals surface area contributed by atoms with E-state index >= 15 is 0 Å². The van der Waals surface area contributed by atoms with E-state index in [1.165, 1.54) is 13.8 Å². The number of carbonyl (C=O) groups excluding carboxylic acids is 2. The van der Waals surface area contributed by atoms with Gasteiger partial charge in [-0.05, 0) is 35.8 Å². The monoisotopic (exact) mass is 409 g/mol. The zero-order chi connectivity index (χ0) is 18.4. The molecule has 0 aliphatic heterocycles. The van der Waals surface area contributed by atoms with Crippen LogP contribution in [0.5, 0.6) is 0 Å². The van der Waals surface area contributed by atoms with E-state index in [4.69, 9.17) is 9.84 Å². The van der Waals surface area contributed by atoms with Gasteiger partial charge in [-0.15, -0.1) is 0 Å². The molecule has 5 nitrogen and oxygen atoms in total. The standard InChI is InChI=1S/C15H15BrF3NO4/c1-3-24-15(23)9(5-20-7(2)6-21)14(22)8-4-10(17)11(16)13(19)12(8)18/h4-5,7,9,21H,3,6H2,1-2H3/t7-,9?/m1/s1. The predicted molar refractivity (Wildman–Crippen MR) is 83.5 cm³/mol. The highest BCUT2D eigenvalue weighted by Gasteiger charge is 2.32. The van der Waals surface area contributed by atoms with E-state index in [1.807, 2.05) is 0 Å². The van der Waals surface area contributed by atoms with Gasteiger partial charge in [0.05, 0.1) is 29.3 Å². The second-order valence-corrected chi connectivity index (χ2v) is 5.56. The molecule has 0 bridgehead atoms. The molecule has 24 heavy (non-hydrogen) atoms. The van der Waals surface area contributed by atoms with Crippen molar-refractivity contribution in [1.29, 1.82) is 0 Å². The third-order valence-electron chi connectivity index (χ3n) is 2.94. The number of ether oxygens (including phenoxy) is 1. The molecule has 0 fully saturated rings. The summed E-state index contributed by atoms with van der Waals surface area (Å²) in [5, 5.41) is 8.91. The zero-order valence-electron chi connectivity index (χ0n) is 12.9. The van der Waals surface area contributed by atoms with Gasteiger partial charge >= 0.3 is 5.97 Å². The topological polar surface area (TPSA) is 76.0 Å². The number of hydrogen-bond acceptors (Lipinski definition) is 5. The van der Waals surface area contributed by atoms with Gasteiger partial charge in [0.1, 0.15) is 5.82 Å². The summed E-state index contributed by atoms with van der Waals surface area (Å²) >= 11 is 2.52. The van der Waals surface area contributed by atoms with Crippen molar-refractivity contribution in [1.82, 2.24) is 0 Å².